The van der Waals surface area contributed by atoms with Gasteiger partial charge < -0.3 is 14.8 Å². The van der Waals surface area contributed by atoms with Gasteiger partial charge >= 0.3 is 0 Å². The predicted octanol–water partition coefficient (Wildman–Crippen LogP) is 9.27. The first-order chi connectivity index (χ1) is 19.1. The van der Waals surface area contributed by atoms with Gasteiger partial charge in [-0.1, -0.05) is 66.2 Å². The van der Waals surface area contributed by atoms with Crippen LogP contribution in [0.2, 0.25) is 5.02 Å². The molecule has 6 rings (SSSR count). The summed E-state index contributed by atoms with van der Waals surface area (Å²) in [6.07, 6.45) is 7.63. The van der Waals surface area contributed by atoms with E-state index in [1.54, 1.807) is 7.11 Å². The number of benzene rings is 4. The molecule has 4 aromatic carbocycles. The van der Waals surface area contributed by atoms with Crippen molar-refractivity contribution in [1.82, 2.24) is 0 Å². The Hall–Kier alpha value is -3.54. The zero-order valence-corrected chi connectivity index (χ0v) is 23.8. The standard InChI is InChI=1S/C33H28BrClN2O2/c1-38-31-18-22(17-29(34)33(31)39-20-21-6-4-7-24(35)16-21)19-36-25-14-12-23(13-15-25)32-28-10-5-9-26(28)27-8-2-3-11-30(27)37-32/h2-9,11-19,26,28,32,37H,10,20H2,1H3/t26-,28+,32+/m1/s1. The minimum atomic E-state index is 0.276. The quantitative estimate of drug-likeness (QED) is 0.170. The van der Waals surface area contributed by atoms with E-state index in [9.17, 15) is 0 Å². The van der Waals surface area contributed by atoms with Crippen LogP contribution in [0.5, 0.6) is 11.5 Å². The Bertz CT molecular complexity index is 1550. The Morgan fingerprint density at radius 2 is 1.87 bits per heavy atom. The number of nitrogens with zero attached hydrogens (tertiary/aromatic N) is 1. The van der Waals surface area contributed by atoms with Crippen LogP contribution in [0.3, 0.4) is 0 Å². The van der Waals surface area contributed by atoms with Gasteiger partial charge in [0.1, 0.15) is 6.61 Å². The third-order valence-electron chi connectivity index (χ3n) is 7.41. The number of rotatable bonds is 7. The lowest BCUT2D eigenvalue weighted by Crippen LogP contribution is -2.28. The fourth-order valence-electron chi connectivity index (χ4n) is 5.53. The molecule has 0 radical (unpaired) electrons. The molecule has 1 heterocycles. The van der Waals surface area contributed by atoms with Gasteiger partial charge in [-0.3, -0.25) is 4.99 Å². The molecule has 6 heteroatoms. The molecule has 0 saturated heterocycles. The smallest absolute Gasteiger partial charge is 0.175 e. The normalized spacial score (nSPS) is 19.4. The van der Waals surface area contributed by atoms with Crippen molar-refractivity contribution in [2.45, 2.75) is 25.0 Å². The first kappa shape index (κ1) is 25.7. The molecule has 1 aliphatic heterocycles. The first-order valence-electron chi connectivity index (χ1n) is 13.0. The largest absolute Gasteiger partial charge is 0.493 e. The van der Waals surface area contributed by atoms with Gasteiger partial charge in [0.2, 0.25) is 0 Å². The van der Waals surface area contributed by atoms with Crippen molar-refractivity contribution in [1.29, 1.82) is 0 Å². The first-order valence-corrected chi connectivity index (χ1v) is 14.2. The van der Waals surface area contributed by atoms with E-state index < -0.39 is 0 Å². The summed E-state index contributed by atoms with van der Waals surface area (Å²) in [6.45, 7) is 0.383. The predicted molar refractivity (Wildman–Crippen MR) is 163 cm³/mol. The number of halogens is 2. The molecule has 4 aromatic rings. The Kier molecular flexibility index (Phi) is 7.45. The van der Waals surface area contributed by atoms with Gasteiger partial charge in [-0.25, -0.2) is 0 Å². The topological polar surface area (TPSA) is 42.8 Å². The lowest BCUT2D eigenvalue weighted by atomic mass is 9.77. The van der Waals surface area contributed by atoms with E-state index in [2.05, 4.69) is 81.9 Å². The summed E-state index contributed by atoms with van der Waals surface area (Å²) in [5, 5.41) is 4.48. The molecule has 196 valence electrons. The fourth-order valence-corrected chi connectivity index (χ4v) is 6.31. The zero-order valence-electron chi connectivity index (χ0n) is 21.5. The minimum absolute atomic E-state index is 0.276. The van der Waals surface area contributed by atoms with Crippen LogP contribution in [-0.4, -0.2) is 13.3 Å². The van der Waals surface area contributed by atoms with Crippen LogP contribution in [0, 0.1) is 5.92 Å². The monoisotopic (exact) mass is 598 g/mol. The molecule has 0 spiro atoms. The average Bonchev–Trinajstić information content (AvgIpc) is 3.46. The minimum Gasteiger partial charge on any atom is -0.493 e. The van der Waals surface area contributed by atoms with Crippen molar-refractivity contribution in [2.24, 2.45) is 10.9 Å². The molecule has 1 aliphatic carbocycles. The summed E-state index contributed by atoms with van der Waals surface area (Å²) >= 11 is 9.74. The maximum atomic E-state index is 6.10. The molecule has 0 amide bonds. The van der Waals surface area contributed by atoms with Gasteiger partial charge in [0.15, 0.2) is 11.5 Å². The van der Waals surface area contributed by atoms with Crippen LogP contribution >= 0.6 is 27.5 Å². The molecular formula is C33H28BrClN2O2. The number of anilines is 1. The number of ether oxygens (including phenoxy) is 2. The Balaban J connectivity index is 1.17. The van der Waals surface area contributed by atoms with Crippen molar-refractivity contribution in [2.75, 3.05) is 12.4 Å². The van der Waals surface area contributed by atoms with E-state index in [1.165, 1.54) is 16.8 Å². The van der Waals surface area contributed by atoms with E-state index in [0.29, 0.717) is 35.0 Å². The Morgan fingerprint density at radius 3 is 2.69 bits per heavy atom. The highest BCUT2D eigenvalue weighted by Gasteiger charge is 2.37. The highest BCUT2D eigenvalue weighted by molar-refractivity contribution is 9.10. The van der Waals surface area contributed by atoms with E-state index in [1.807, 2.05) is 42.6 Å². The van der Waals surface area contributed by atoms with Crippen LogP contribution in [0.1, 0.15) is 40.6 Å². The summed E-state index contributed by atoms with van der Waals surface area (Å²) in [7, 11) is 1.63. The van der Waals surface area contributed by atoms with Gasteiger partial charge in [-0.15, -0.1) is 0 Å². The second-order valence-electron chi connectivity index (χ2n) is 9.87. The molecule has 0 bridgehead atoms. The van der Waals surface area contributed by atoms with Gasteiger partial charge in [-0.05, 0) is 93.0 Å². The van der Waals surface area contributed by atoms with E-state index in [-0.39, 0.29) is 6.04 Å². The van der Waals surface area contributed by atoms with Crippen LogP contribution in [0.15, 0.2) is 107 Å². The Labute approximate surface area is 242 Å². The van der Waals surface area contributed by atoms with Crippen LogP contribution in [-0.2, 0) is 6.61 Å². The van der Waals surface area contributed by atoms with Crippen molar-refractivity contribution >= 4 is 45.1 Å². The van der Waals surface area contributed by atoms with Gasteiger partial charge in [0.05, 0.1) is 23.3 Å². The van der Waals surface area contributed by atoms with Crippen LogP contribution in [0.25, 0.3) is 0 Å². The summed E-state index contributed by atoms with van der Waals surface area (Å²) in [6, 6.07) is 29.0. The van der Waals surface area contributed by atoms with E-state index in [4.69, 9.17) is 26.1 Å². The zero-order chi connectivity index (χ0) is 26.8. The molecule has 1 N–H and O–H groups in total. The van der Waals surface area contributed by atoms with Gasteiger partial charge in [0, 0.05) is 22.8 Å². The molecular weight excluding hydrogens is 572 g/mol. The second kappa shape index (κ2) is 11.3. The lowest BCUT2D eigenvalue weighted by Gasteiger charge is -2.37. The second-order valence-corrected chi connectivity index (χ2v) is 11.2. The molecule has 0 saturated carbocycles. The fraction of sp³-hybridized carbons (Fsp3) is 0.182. The van der Waals surface area contributed by atoms with Crippen molar-refractivity contribution in [3.8, 4) is 11.5 Å². The van der Waals surface area contributed by atoms with E-state index in [0.717, 1.165) is 27.7 Å². The molecule has 39 heavy (non-hydrogen) atoms. The summed E-state index contributed by atoms with van der Waals surface area (Å²) in [5.74, 6) is 2.27. The third kappa shape index (κ3) is 5.47. The van der Waals surface area contributed by atoms with Gasteiger partial charge in [0.25, 0.3) is 0 Å². The number of nitrogens with one attached hydrogen (secondary N) is 1. The van der Waals surface area contributed by atoms with Crippen molar-refractivity contribution < 1.29 is 9.47 Å². The molecule has 4 nitrogen and oxygen atoms in total. The molecule has 0 unspecified atom stereocenters. The Morgan fingerprint density at radius 1 is 1.03 bits per heavy atom. The number of hydrogen-bond acceptors (Lipinski definition) is 4. The summed E-state index contributed by atoms with van der Waals surface area (Å²) < 4.78 is 12.5. The number of aliphatic imine (C=N–C) groups is 1. The average molecular weight is 600 g/mol. The highest BCUT2D eigenvalue weighted by atomic mass is 79.9. The van der Waals surface area contributed by atoms with Crippen molar-refractivity contribution in [3.63, 3.8) is 0 Å². The maximum absolute atomic E-state index is 6.10. The number of para-hydroxylation sites is 1. The summed E-state index contributed by atoms with van der Waals surface area (Å²) in [4.78, 5) is 4.72. The maximum Gasteiger partial charge on any atom is 0.175 e. The SMILES string of the molecule is COc1cc(C=Nc2ccc([C@@H]3Nc4ccccc4[C@H]4C=CC[C@@H]43)cc2)cc(Br)c1OCc1cccc(Cl)c1. The van der Waals surface area contributed by atoms with Crippen LogP contribution < -0.4 is 14.8 Å². The number of fused-ring (bicyclic) bond motifs is 3. The number of hydrogen-bond donors (Lipinski definition) is 1. The molecule has 3 atom stereocenters. The lowest BCUT2D eigenvalue weighted by molar-refractivity contribution is 0.282. The summed E-state index contributed by atoms with van der Waals surface area (Å²) in [5.41, 5.74) is 6.70. The number of methoxy groups -OCH3 is 1. The van der Waals surface area contributed by atoms with E-state index >= 15 is 0 Å². The third-order valence-corrected chi connectivity index (χ3v) is 8.24. The highest BCUT2D eigenvalue weighted by Crippen LogP contribution is 2.49. The molecule has 0 aromatic heterocycles. The number of allylic oxidation sites excluding steroid dienone is 2. The molecule has 0 fully saturated rings. The van der Waals surface area contributed by atoms with Gasteiger partial charge in [-0.2, -0.15) is 0 Å². The molecule has 2 aliphatic rings. The van der Waals surface area contributed by atoms with Crippen molar-refractivity contribution in [3.05, 3.63) is 129 Å². The van der Waals surface area contributed by atoms with Crippen LogP contribution in [0.4, 0.5) is 11.4 Å².